The second-order valence-corrected chi connectivity index (χ2v) is 9.60. The minimum atomic E-state index is -0.713. The van der Waals surface area contributed by atoms with E-state index in [-0.39, 0.29) is 24.0 Å². The highest BCUT2D eigenvalue weighted by atomic mass is 35.5. The number of aromatic amines is 1. The molecular formula is C27H21ClN4O4. The first-order valence-electron chi connectivity index (χ1n) is 11.6. The molecule has 0 radical (unpaired) electrons. The molecule has 1 fully saturated rings. The van der Waals surface area contributed by atoms with E-state index >= 15 is 0 Å². The zero-order chi connectivity index (χ0) is 25.0. The van der Waals surface area contributed by atoms with Crippen molar-refractivity contribution < 1.29 is 14.5 Å². The van der Waals surface area contributed by atoms with Gasteiger partial charge in [-0.2, -0.15) is 0 Å². The first-order valence-corrected chi connectivity index (χ1v) is 12.0. The van der Waals surface area contributed by atoms with E-state index in [1.807, 2.05) is 36.4 Å². The van der Waals surface area contributed by atoms with Crippen molar-refractivity contribution in [1.82, 2.24) is 14.8 Å². The first-order chi connectivity index (χ1) is 17.4. The lowest BCUT2D eigenvalue weighted by atomic mass is 9.86. The highest BCUT2D eigenvalue weighted by Crippen LogP contribution is 2.43. The summed E-state index contributed by atoms with van der Waals surface area (Å²) in [5.41, 5.74) is 4.06. The number of aromatic nitrogens is 1. The van der Waals surface area contributed by atoms with Crippen LogP contribution in [0.4, 0.5) is 5.69 Å². The number of hydrogen-bond donors (Lipinski definition) is 1. The van der Waals surface area contributed by atoms with Crippen molar-refractivity contribution in [1.29, 1.82) is 0 Å². The number of piperazine rings is 1. The molecule has 0 spiro atoms. The van der Waals surface area contributed by atoms with Crippen molar-refractivity contribution in [2.24, 2.45) is 0 Å². The summed E-state index contributed by atoms with van der Waals surface area (Å²) in [5.74, 6) is -0.342. The third-order valence-electron chi connectivity index (χ3n) is 7.03. The fourth-order valence-corrected chi connectivity index (χ4v) is 5.55. The molecule has 1 aromatic heterocycles. The lowest BCUT2D eigenvalue weighted by Gasteiger charge is -2.47. The molecule has 0 saturated carbocycles. The number of benzene rings is 3. The van der Waals surface area contributed by atoms with Crippen LogP contribution in [0.3, 0.4) is 0 Å². The molecule has 0 unspecified atom stereocenters. The van der Waals surface area contributed by atoms with Crippen molar-refractivity contribution in [2.75, 3.05) is 6.54 Å². The number of nitro benzene ring substituents is 1. The number of fused-ring (bicyclic) bond motifs is 4. The Bertz CT molecular complexity index is 1530. The summed E-state index contributed by atoms with van der Waals surface area (Å²) in [6, 6.07) is 20.0. The molecule has 8 nitrogen and oxygen atoms in total. The standard InChI is InChI=1S/C27H21ClN4O4/c28-18-10-8-16(9-11-18)14-30-15-24(33)31-23(27(30)34)13-21-20-6-1-2-7-22(20)29-25(21)26(31)17-4-3-5-19(12-17)32(35)36/h1-12,23,26,29H,13-15H2/t23-,26+/m0/s1. The van der Waals surface area contributed by atoms with E-state index in [0.717, 1.165) is 27.7 Å². The molecule has 1 N–H and O–H groups in total. The van der Waals surface area contributed by atoms with Gasteiger partial charge >= 0.3 is 0 Å². The maximum absolute atomic E-state index is 13.8. The predicted molar refractivity (Wildman–Crippen MR) is 134 cm³/mol. The minimum Gasteiger partial charge on any atom is -0.356 e. The van der Waals surface area contributed by atoms with Gasteiger partial charge in [0.25, 0.3) is 5.69 Å². The van der Waals surface area contributed by atoms with Gasteiger partial charge in [0.05, 0.1) is 11.0 Å². The molecule has 3 aromatic carbocycles. The molecule has 3 heterocycles. The van der Waals surface area contributed by atoms with Crippen molar-refractivity contribution in [3.8, 4) is 0 Å². The smallest absolute Gasteiger partial charge is 0.269 e. The highest BCUT2D eigenvalue weighted by Gasteiger charge is 2.48. The summed E-state index contributed by atoms with van der Waals surface area (Å²) in [5, 5.41) is 13.1. The van der Waals surface area contributed by atoms with Crippen LogP contribution in [0.5, 0.6) is 0 Å². The Labute approximate surface area is 211 Å². The molecular weight excluding hydrogens is 480 g/mol. The Morgan fingerprint density at radius 2 is 1.81 bits per heavy atom. The Balaban J connectivity index is 1.46. The predicted octanol–water partition coefficient (Wildman–Crippen LogP) is 4.61. The quantitative estimate of drug-likeness (QED) is 0.326. The number of para-hydroxylation sites is 1. The summed E-state index contributed by atoms with van der Waals surface area (Å²) >= 11 is 6.00. The van der Waals surface area contributed by atoms with E-state index in [1.54, 1.807) is 34.1 Å². The Morgan fingerprint density at radius 3 is 2.58 bits per heavy atom. The fraction of sp³-hybridized carbons (Fsp3) is 0.185. The largest absolute Gasteiger partial charge is 0.356 e. The van der Waals surface area contributed by atoms with Crippen LogP contribution >= 0.6 is 11.6 Å². The van der Waals surface area contributed by atoms with E-state index < -0.39 is 17.0 Å². The normalized spacial score (nSPS) is 19.4. The van der Waals surface area contributed by atoms with Crippen LogP contribution in [-0.4, -0.2) is 44.1 Å². The van der Waals surface area contributed by atoms with Crippen LogP contribution < -0.4 is 0 Å². The van der Waals surface area contributed by atoms with Crippen LogP contribution in [0, 0.1) is 10.1 Å². The number of halogens is 1. The minimum absolute atomic E-state index is 0.0626. The number of nitrogens with zero attached hydrogens (tertiary/aromatic N) is 3. The SMILES string of the molecule is O=C1[C@@H]2Cc3c([nH]c4ccccc34)[C@@H](c3cccc([N+](=O)[O-])c3)N2C(=O)CN1Cc1ccc(Cl)cc1. The van der Waals surface area contributed by atoms with Crippen molar-refractivity contribution >= 4 is 40.0 Å². The summed E-state index contributed by atoms with van der Waals surface area (Å²) in [6.45, 7) is 0.229. The number of hydrogen-bond acceptors (Lipinski definition) is 4. The van der Waals surface area contributed by atoms with Gasteiger partial charge in [-0.15, -0.1) is 0 Å². The van der Waals surface area contributed by atoms with Crippen molar-refractivity contribution in [3.63, 3.8) is 0 Å². The number of amides is 2. The van der Waals surface area contributed by atoms with Gasteiger partial charge in [0.15, 0.2) is 0 Å². The van der Waals surface area contributed by atoms with Crippen molar-refractivity contribution in [3.05, 3.63) is 110 Å². The third kappa shape index (κ3) is 3.61. The lowest BCUT2D eigenvalue weighted by Crippen LogP contribution is -2.62. The monoisotopic (exact) mass is 500 g/mol. The fourth-order valence-electron chi connectivity index (χ4n) is 5.42. The average Bonchev–Trinajstić information content (AvgIpc) is 3.25. The molecule has 4 aromatic rings. The molecule has 2 aliphatic heterocycles. The highest BCUT2D eigenvalue weighted by molar-refractivity contribution is 6.30. The van der Waals surface area contributed by atoms with Crippen LogP contribution in [-0.2, 0) is 22.6 Å². The summed E-state index contributed by atoms with van der Waals surface area (Å²) in [4.78, 5) is 45.1. The molecule has 1 saturated heterocycles. The summed E-state index contributed by atoms with van der Waals surface area (Å²) in [6.07, 6.45) is 0.368. The number of rotatable bonds is 4. The molecule has 0 bridgehead atoms. The molecule has 2 aliphatic rings. The van der Waals surface area contributed by atoms with Gasteiger partial charge in [-0.1, -0.05) is 54.1 Å². The van der Waals surface area contributed by atoms with Gasteiger partial charge in [0.2, 0.25) is 11.8 Å². The van der Waals surface area contributed by atoms with Crippen molar-refractivity contribution in [2.45, 2.75) is 25.0 Å². The Hall–Kier alpha value is -4.17. The van der Waals surface area contributed by atoms with Crippen LogP contribution in [0.25, 0.3) is 10.9 Å². The maximum Gasteiger partial charge on any atom is 0.269 e. The second kappa shape index (κ2) is 8.49. The second-order valence-electron chi connectivity index (χ2n) is 9.16. The van der Waals surface area contributed by atoms with Gasteiger partial charge in [-0.3, -0.25) is 19.7 Å². The van der Waals surface area contributed by atoms with Crippen LogP contribution in [0.15, 0.2) is 72.8 Å². The van der Waals surface area contributed by atoms with Gasteiger partial charge in [0.1, 0.15) is 12.6 Å². The van der Waals surface area contributed by atoms with E-state index in [4.69, 9.17) is 11.6 Å². The molecule has 2 amide bonds. The lowest BCUT2D eigenvalue weighted by molar-refractivity contribution is -0.384. The Morgan fingerprint density at radius 1 is 1.03 bits per heavy atom. The zero-order valence-corrected chi connectivity index (χ0v) is 19.8. The molecule has 2 atom stereocenters. The van der Waals surface area contributed by atoms with Gasteiger partial charge in [-0.25, -0.2) is 0 Å². The zero-order valence-electron chi connectivity index (χ0n) is 19.1. The van der Waals surface area contributed by atoms with E-state index in [0.29, 0.717) is 23.6 Å². The van der Waals surface area contributed by atoms with E-state index in [2.05, 4.69) is 4.98 Å². The average molecular weight is 501 g/mol. The maximum atomic E-state index is 13.8. The van der Waals surface area contributed by atoms with Gasteiger partial charge < -0.3 is 14.8 Å². The van der Waals surface area contributed by atoms with Crippen LogP contribution in [0.2, 0.25) is 5.02 Å². The van der Waals surface area contributed by atoms with E-state index in [1.165, 1.54) is 12.1 Å². The molecule has 9 heteroatoms. The topological polar surface area (TPSA) is 99.5 Å². The van der Waals surface area contributed by atoms with Crippen LogP contribution in [0.1, 0.15) is 28.4 Å². The molecule has 0 aliphatic carbocycles. The number of carbonyl (C=O) groups is 2. The van der Waals surface area contributed by atoms with E-state index in [9.17, 15) is 19.7 Å². The third-order valence-corrected chi connectivity index (χ3v) is 7.28. The number of nitro groups is 1. The Kier molecular flexibility index (Phi) is 5.26. The van der Waals surface area contributed by atoms with Gasteiger partial charge in [0, 0.05) is 46.7 Å². The molecule has 6 rings (SSSR count). The number of H-pyrrole nitrogens is 1. The molecule has 180 valence electrons. The summed E-state index contributed by atoms with van der Waals surface area (Å²) in [7, 11) is 0. The first kappa shape index (κ1) is 22.3. The van der Waals surface area contributed by atoms with Gasteiger partial charge in [-0.05, 0) is 34.9 Å². The number of non-ortho nitro benzene ring substituents is 1. The summed E-state index contributed by atoms with van der Waals surface area (Å²) < 4.78 is 0. The molecule has 36 heavy (non-hydrogen) atoms. The number of nitrogens with one attached hydrogen (secondary N) is 1. The number of carbonyl (C=O) groups excluding carboxylic acids is 2.